The third-order valence-electron chi connectivity index (χ3n) is 7.87. The smallest absolute Gasteiger partial charge is 0.314 e. The predicted octanol–water partition coefficient (Wildman–Crippen LogP) is 7.38. The van der Waals surface area contributed by atoms with E-state index in [4.69, 9.17) is 9.47 Å². The summed E-state index contributed by atoms with van der Waals surface area (Å²) in [4.78, 5) is 25.3. The molecule has 0 radical (unpaired) electrons. The number of carbonyl (C=O) groups is 2. The minimum absolute atomic E-state index is 0.101. The fourth-order valence-electron chi connectivity index (χ4n) is 4.32. The van der Waals surface area contributed by atoms with Crippen molar-refractivity contribution in [3.05, 3.63) is 59.7 Å². The Morgan fingerprint density at radius 3 is 1.21 bits per heavy atom. The Morgan fingerprint density at radius 1 is 0.647 bits per heavy atom. The SMILES string of the molecule is CCC(C)(C)c1ccc(OC(=O)C2CCC(C(=O)Oc3ccc(C(C)(C)CC)cc3)CC2)cc1. The van der Waals surface area contributed by atoms with E-state index in [2.05, 4.69) is 41.5 Å². The molecule has 0 spiro atoms. The predicted molar refractivity (Wildman–Crippen MR) is 136 cm³/mol. The van der Waals surface area contributed by atoms with Crippen molar-refractivity contribution < 1.29 is 19.1 Å². The van der Waals surface area contributed by atoms with E-state index >= 15 is 0 Å². The number of rotatable bonds is 8. The summed E-state index contributed by atoms with van der Waals surface area (Å²) in [6, 6.07) is 15.6. The van der Waals surface area contributed by atoms with Gasteiger partial charge in [-0.2, -0.15) is 0 Å². The van der Waals surface area contributed by atoms with Crippen molar-refractivity contribution in [1.82, 2.24) is 0 Å². The average molecular weight is 465 g/mol. The molecule has 3 rings (SSSR count). The Morgan fingerprint density at radius 2 is 0.941 bits per heavy atom. The number of benzene rings is 2. The van der Waals surface area contributed by atoms with Crippen LogP contribution in [0.15, 0.2) is 48.5 Å². The van der Waals surface area contributed by atoms with Crippen LogP contribution in [0.4, 0.5) is 0 Å². The van der Waals surface area contributed by atoms with Gasteiger partial charge in [0.2, 0.25) is 0 Å². The quantitative estimate of drug-likeness (QED) is 0.302. The van der Waals surface area contributed by atoms with Gasteiger partial charge in [-0.1, -0.05) is 65.8 Å². The standard InChI is InChI=1S/C30H40O4/c1-7-29(3,4)23-13-17-25(18-14-23)33-27(31)21-9-11-22(12-10-21)28(32)34-26-19-15-24(16-20-26)30(5,6)8-2/h13-22H,7-12H2,1-6H3. The van der Waals surface area contributed by atoms with Crippen LogP contribution < -0.4 is 9.47 Å². The molecule has 0 unspecified atom stereocenters. The molecule has 1 fully saturated rings. The molecule has 0 N–H and O–H groups in total. The monoisotopic (exact) mass is 464 g/mol. The van der Waals surface area contributed by atoms with Crippen LogP contribution >= 0.6 is 0 Å². The molecule has 0 amide bonds. The normalized spacial score (nSPS) is 18.9. The van der Waals surface area contributed by atoms with E-state index in [0.29, 0.717) is 37.2 Å². The minimum atomic E-state index is -0.205. The van der Waals surface area contributed by atoms with Gasteiger partial charge in [-0.25, -0.2) is 0 Å². The van der Waals surface area contributed by atoms with Crippen molar-refractivity contribution in [1.29, 1.82) is 0 Å². The molecule has 0 bridgehead atoms. The second-order valence-corrected chi connectivity index (χ2v) is 10.9. The molecule has 1 saturated carbocycles. The molecule has 34 heavy (non-hydrogen) atoms. The van der Waals surface area contributed by atoms with E-state index in [-0.39, 0.29) is 34.6 Å². The summed E-state index contributed by atoms with van der Waals surface area (Å²) in [7, 11) is 0. The number of esters is 2. The van der Waals surface area contributed by atoms with Crippen LogP contribution in [0, 0.1) is 11.8 Å². The molecule has 184 valence electrons. The first-order chi connectivity index (χ1) is 16.1. The molecule has 0 heterocycles. The van der Waals surface area contributed by atoms with Gasteiger partial charge in [0.1, 0.15) is 11.5 Å². The highest BCUT2D eigenvalue weighted by molar-refractivity contribution is 5.77. The third kappa shape index (κ3) is 6.28. The second kappa shape index (κ2) is 10.8. The highest BCUT2D eigenvalue weighted by Crippen LogP contribution is 2.33. The first-order valence-electron chi connectivity index (χ1n) is 12.7. The first-order valence-corrected chi connectivity index (χ1v) is 12.7. The Labute approximate surface area is 205 Å². The highest BCUT2D eigenvalue weighted by Gasteiger charge is 2.32. The van der Waals surface area contributed by atoms with Crippen molar-refractivity contribution in [2.24, 2.45) is 11.8 Å². The summed E-state index contributed by atoms with van der Waals surface area (Å²) < 4.78 is 11.3. The van der Waals surface area contributed by atoms with Gasteiger partial charge in [-0.05, 0) is 84.7 Å². The molecular formula is C30H40O4. The van der Waals surface area contributed by atoms with Crippen molar-refractivity contribution in [3.8, 4) is 11.5 Å². The molecule has 0 aromatic heterocycles. The zero-order chi connectivity index (χ0) is 24.9. The number of ether oxygens (including phenoxy) is 2. The van der Waals surface area contributed by atoms with Crippen LogP contribution in [0.25, 0.3) is 0 Å². The van der Waals surface area contributed by atoms with Gasteiger partial charge in [0.15, 0.2) is 0 Å². The van der Waals surface area contributed by atoms with Crippen LogP contribution in [-0.2, 0) is 20.4 Å². The van der Waals surface area contributed by atoms with Crippen LogP contribution in [0.3, 0.4) is 0 Å². The largest absolute Gasteiger partial charge is 0.426 e. The van der Waals surface area contributed by atoms with Gasteiger partial charge in [0.05, 0.1) is 11.8 Å². The van der Waals surface area contributed by atoms with Gasteiger partial charge in [0, 0.05) is 0 Å². The molecule has 2 aromatic rings. The third-order valence-corrected chi connectivity index (χ3v) is 7.87. The van der Waals surface area contributed by atoms with Gasteiger partial charge >= 0.3 is 11.9 Å². The summed E-state index contributed by atoms with van der Waals surface area (Å²) in [5, 5.41) is 0. The molecule has 0 saturated heterocycles. The van der Waals surface area contributed by atoms with Crippen molar-refractivity contribution in [2.75, 3.05) is 0 Å². The Hall–Kier alpha value is -2.62. The van der Waals surface area contributed by atoms with Crippen LogP contribution in [0.1, 0.15) is 91.2 Å². The molecule has 2 aromatic carbocycles. The Balaban J connectivity index is 1.49. The van der Waals surface area contributed by atoms with Gasteiger partial charge in [-0.15, -0.1) is 0 Å². The van der Waals surface area contributed by atoms with E-state index < -0.39 is 0 Å². The topological polar surface area (TPSA) is 52.6 Å². The fraction of sp³-hybridized carbons (Fsp3) is 0.533. The lowest BCUT2D eigenvalue weighted by Gasteiger charge is -2.26. The van der Waals surface area contributed by atoms with Crippen molar-refractivity contribution >= 4 is 11.9 Å². The van der Waals surface area contributed by atoms with Gasteiger partial charge in [-0.3, -0.25) is 9.59 Å². The number of carbonyl (C=O) groups excluding carboxylic acids is 2. The van der Waals surface area contributed by atoms with E-state index in [1.165, 1.54) is 11.1 Å². The minimum Gasteiger partial charge on any atom is -0.426 e. The van der Waals surface area contributed by atoms with Crippen LogP contribution in [0.2, 0.25) is 0 Å². The van der Waals surface area contributed by atoms with E-state index in [1.54, 1.807) is 0 Å². The van der Waals surface area contributed by atoms with Crippen LogP contribution in [-0.4, -0.2) is 11.9 Å². The number of hydrogen-bond acceptors (Lipinski definition) is 4. The molecular weight excluding hydrogens is 424 g/mol. The van der Waals surface area contributed by atoms with E-state index in [0.717, 1.165) is 12.8 Å². The maximum Gasteiger partial charge on any atom is 0.314 e. The summed E-state index contributed by atoms with van der Waals surface area (Å²) in [6.45, 7) is 13.2. The molecule has 4 heteroatoms. The fourth-order valence-corrected chi connectivity index (χ4v) is 4.32. The Kier molecular flexibility index (Phi) is 8.22. The number of hydrogen-bond donors (Lipinski definition) is 0. The lowest BCUT2D eigenvalue weighted by molar-refractivity contribution is -0.145. The lowest BCUT2D eigenvalue weighted by Crippen LogP contribution is -2.30. The summed E-state index contributed by atoms with van der Waals surface area (Å²) in [5.74, 6) is 0.401. The summed E-state index contributed by atoms with van der Waals surface area (Å²) in [6.07, 6.45) is 4.65. The van der Waals surface area contributed by atoms with E-state index in [9.17, 15) is 9.59 Å². The average Bonchev–Trinajstić information content (AvgIpc) is 2.84. The second-order valence-electron chi connectivity index (χ2n) is 10.9. The van der Waals surface area contributed by atoms with Gasteiger partial charge in [0.25, 0.3) is 0 Å². The molecule has 1 aliphatic rings. The summed E-state index contributed by atoms with van der Waals surface area (Å²) in [5.41, 5.74) is 2.67. The summed E-state index contributed by atoms with van der Waals surface area (Å²) >= 11 is 0. The molecule has 0 atom stereocenters. The Bertz CT molecular complexity index is 880. The van der Waals surface area contributed by atoms with Crippen LogP contribution in [0.5, 0.6) is 11.5 Å². The zero-order valence-electron chi connectivity index (χ0n) is 21.6. The first kappa shape index (κ1) is 26.0. The molecule has 4 nitrogen and oxygen atoms in total. The maximum atomic E-state index is 12.7. The van der Waals surface area contributed by atoms with Gasteiger partial charge < -0.3 is 9.47 Å². The highest BCUT2D eigenvalue weighted by atomic mass is 16.5. The molecule has 0 aliphatic heterocycles. The van der Waals surface area contributed by atoms with Crippen molar-refractivity contribution in [3.63, 3.8) is 0 Å². The lowest BCUT2D eigenvalue weighted by atomic mass is 9.82. The molecule has 1 aliphatic carbocycles. The maximum absolute atomic E-state index is 12.7. The zero-order valence-corrected chi connectivity index (χ0v) is 21.6. The van der Waals surface area contributed by atoms with E-state index in [1.807, 2.05) is 48.5 Å². The van der Waals surface area contributed by atoms with Crippen molar-refractivity contribution in [2.45, 2.75) is 90.9 Å².